The SMILES string of the molecule is O=C(O)C1c2ccccc2CCN1C(=O)C(CS)Cc1ccccc1. The summed E-state index contributed by atoms with van der Waals surface area (Å²) in [6, 6.07) is 16.3. The van der Waals surface area contributed by atoms with Crippen LogP contribution in [-0.2, 0) is 22.4 Å². The predicted octanol–water partition coefficient (Wildman–Crippen LogP) is 2.99. The summed E-state index contributed by atoms with van der Waals surface area (Å²) < 4.78 is 0. The van der Waals surface area contributed by atoms with Crippen LogP contribution in [0.15, 0.2) is 54.6 Å². The van der Waals surface area contributed by atoms with Crippen molar-refractivity contribution in [1.82, 2.24) is 4.90 Å². The van der Waals surface area contributed by atoms with Crippen LogP contribution >= 0.6 is 12.6 Å². The molecule has 5 heteroatoms. The lowest BCUT2D eigenvalue weighted by atomic mass is 9.90. The molecule has 2 unspecified atom stereocenters. The molecule has 1 N–H and O–H groups in total. The summed E-state index contributed by atoms with van der Waals surface area (Å²) in [5, 5.41) is 9.74. The van der Waals surface area contributed by atoms with Crippen molar-refractivity contribution in [3.63, 3.8) is 0 Å². The highest BCUT2D eigenvalue weighted by Crippen LogP contribution is 2.31. The number of hydrogen-bond donors (Lipinski definition) is 2. The maximum absolute atomic E-state index is 13.1. The Labute approximate surface area is 152 Å². The molecular weight excluding hydrogens is 334 g/mol. The molecule has 0 aromatic heterocycles. The van der Waals surface area contributed by atoms with Gasteiger partial charge in [0.05, 0.1) is 5.92 Å². The molecule has 1 amide bonds. The minimum absolute atomic E-state index is 0.138. The molecule has 1 aliphatic rings. The molecule has 130 valence electrons. The molecule has 1 heterocycles. The molecule has 0 aliphatic carbocycles. The van der Waals surface area contributed by atoms with Gasteiger partial charge in [0, 0.05) is 12.3 Å². The summed E-state index contributed by atoms with van der Waals surface area (Å²) >= 11 is 4.35. The molecule has 0 radical (unpaired) electrons. The Morgan fingerprint density at radius 3 is 2.48 bits per heavy atom. The lowest BCUT2D eigenvalue weighted by Gasteiger charge is -2.36. The Balaban J connectivity index is 1.86. The number of fused-ring (bicyclic) bond motifs is 1. The number of aliphatic carboxylic acids is 1. The average molecular weight is 355 g/mol. The van der Waals surface area contributed by atoms with Gasteiger partial charge >= 0.3 is 5.97 Å². The monoisotopic (exact) mass is 355 g/mol. The fourth-order valence-corrected chi connectivity index (χ4v) is 3.72. The molecule has 0 saturated carbocycles. The van der Waals surface area contributed by atoms with Gasteiger partial charge in [0.1, 0.15) is 0 Å². The van der Waals surface area contributed by atoms with Crippen molar-refractivity contribution < 1.29 is 14.7 Å². The number of rotatable bonds is 5. The number of nitrogens with zero attached hydrogens (tertiary/aromatic N) is 1. The maximum Gasteiger partial charge on any atom is 0.331 e. The van der Waals surface area contributed by atoms with Gasteiger partial charge in [-0.2, -0.15) is 12.6 Å². The van der Waals surface area contributed by atoms with Gasteiger partial charge in [-0.05, 0) is 29.5 Å². The van der Waals surface area contributed by atoms with Gasteiger partial charge in [-0.25, -0.2) is 4.79 Å². The highest BCUT2D eigenvalue weighted by molar-refractivity contribution is 7.80. The van der Waals surface area contributed by atoms with Gasteiger partial charge in [-0.15, -0.1) is 0 Å². The molecule has 0 bridgehead atoms. The number of benzene rings is 2. The Morgan fingerprint density at radius 2 is 1.80 bits per heavy atom. The van der Waals surface area contributed by atoms with E-state index < -0.39 is 12.0 Å². The van der Waals surface area contributed by atoms with Crippen molar-refractivity contribution >= 4 is 24.5 Å². The molecule has 0 fully saturated rings. The van der Waals surface area contributed by atoms with E-state index in [9.17, 15) is 14.7 Å². The van der Waals surface area contributed by atoms with E-state index in [1.54, 1.807) is 6.07 Å². The van der Waals surface area contributed by atoms with Crippen molar-refractivity contribution in [3.05, 3.63) is 71.3 Å². The number of carbonyl (C=O) groups is 2. The van der Waals surface area contributed by atoms with Crippen molar-refractivity contribution in [2.24, 2.45) is 5.92 Å². The molecule has 4 nitrogen and oxygen atoms in total. The van der Waals surface area contributed by atoms with Gasteiger partial charge < -0.3 is 10.0 Å². The van der Waals surface area contributed by atoms with Crippen LogP contribution in [0, 0.1) is 5.92 Å². The minimum Gasteiger partial charge on any atom is -0.479 e. The van der Waals surface area contributed by atoms with Gasteiger partial charge in [-0.1, -0.05) is 54.6 Å². The molecular formula is C20H21NO3S. The molecule has 2 aromatic rings. The largest absolute Gasteiger partial charge is 0.479 e. The molecule has 2 aromatic carbocycles. The standard InChI is InChI=1S/C20H21NO3S/c22-19(16(13-25)12-14-6-2-1-3-7-14)21-11-10-15-8-4-5-9-17(15)18(21)20(23)24/h1-9,16,18,25H,10-13H2,(H,23,24). The van der Waals surface area contributed by atoms with E-state index in [0.29, 0.717) is 30.7 Å². The summed E-state index contributed by atoms with van der Waals surface area (Å²) in [6.45, 7) is 0.423. The molecule has 1 aliphatic heterocycles. The first-order chi connectivity index (χ1) is 12.1. The second kappa shape index (κ2) is 7.74. The second-order valence-corrected chi connectivity index (χ2v) is 6.66. The van der Waals surface area contributed by atoms with Gasteiger partial charge in [0.2, 0.25) is 5.91 Å². The lowest BCUT2D eigenvalue weighted by Crippen LogP contribution is -2.46. The molecule has 0 saturated heterocycles. The van der Waals surface area contributed by atoms with Gasteiger partial charge in [0.25, 0.3) is 0 Å². The Bertz CT molecular complexity index is 763. The van der Waals surface area contributed by atoms with Gasteiger partial charge in [0.15, 0.2) is 6.04 Å². The quantitative estimate of drug-likeness (QED) is 0.811. The Morgan fingerprint density at radius 1 is 1.12 bits per heavy atom. The Hall–Kier alpha value is -2.27. The molecule has 2 atom stereocenters. The highest BCUT2D eigenvalue weighted by atomic mass is 32.1. The van der Waals surface area contributed by atoms with E-state index >= 15 is 0 Å². The number of carboxylic acids is 1. The molecule has 25 heavy (non-hydrogen) atoms. The summed E-state index contributed by atoms with van der Waals surface area (Å²) in [5.41, 5.74) is 2.77. The van der Waals surface area contributed by atoms with Crippen LogP contribution in [-0.4, -0.2) is 34.2 Å². The van der Waals surface area contributed by atoms with E-state index in [0.717, 1.165) is 11.1 Å². The van der Waals surface area contributed by atoms with Crippen LogP contribution < -0.4 is 0 Å². The summed E-state index contributed by atoms with van der Waals surface area (Å²) in [5.74, 6) is -1.07. The lowest BCUT2D eigenvalue weighted by molar-refractivity contribution is -0.152. The number of thiol groups is 1. The first-order valence-electron chi connectivity index (χ1n) is 8.37. The highest BCUT2D eigenvalue weighted by Gasteiger charge is 2.37. The molecule has 3 rings (SSSR count). The zero-order valence-electron chi connectivity index (χ0n) is 13.8. The van der Waals surface area contributed by atoms with E-state index in [1.165, 1.54) is 4.90 Å². The van der Waals surface area contributed by atoms with Crippen molar-refractivity contribution in [1.29, 1.82) is 0 Å². The third kappa shape index (κ3) is 3.71. The Kier molecular flexibility index (Phi) is 5.43. The van der Waals surface area contributed by atoms with Crippen LogP contribution in [0.3, 0.4) is 0 Å². The van der Waals surface area contributed by atoms with Crippen molar-refractivity contribution in [3.8, 4) is 0 Å². The normalized spacial score (nSPS) is 17.6. The topological polar surface area (TPSA) is 57.6 Å². The summed E-state index contributed by atoms with van der Waals surface area (Å²) in [4.78, 5) is 26.5. The van der Waals surface area contributed by atoms with Gasteiger partial charge in [-0.3, -0.25) is 4.79 Å². The minimum atomic E-state index is -0.988. The average Bonchev–Trinajstić information content (AvgIpc) is 2.65. The van der Waals surface area contributed by atoms with Crippen molar-refractivity contribution in [2.75, 3.05) is 12.3 Å². The van der Waals surface area contributed by atoms with Crippen LogP contribution in [0.5, 0.6) is 0 Å². The fraction of sp³-hybridized carbons (Fsp3) is 0.300. The van der Waals surface area contributed by atoms with E-state index in [2.05, 4.69) is 12.6 Å². The smallest absolute Gasteiger partial charge is 0.331 e. The van der Waals surface area contributed by atoms with E-state index in [4.69, 9.17) is 0 Å². The predicted molar refractivity (Wildman–Crippen MR) is 99.7 cm³/mol. The first kappa shape index (κ1) is 17.5. The van der Waals surface area contributed by atoms with E-state index in [-0.39, 0.29) is 11.8 Å². The number of carboxylic acid groups (broad SMARTS) is 1. The second-order valence-electron chi connectivity index (χ2n) is 6.29. The van der Waals surface area contributed by atoms with Crippen LogP contribution in [0.4, 0.5) is 0 Å². The number of carbonyl (C=O) groups excluding carboxylic acids is 1. The zero-order valence-corrected chi connectivity index (χ0v) is 14.7. The van der Waals surface area contributed by atoms with Crippen LogP contribution in [0.1, 0.15) is 22.7 Å². The summed E-state index contributed by atoms with van der Waals surface area (Å²) in [6.07, 6.45) is 1.24. The van der Waals surface area contributed by atoms with Crippen LogP contribution in [0.2, 0.25) is 0 Å². The number of amides is 1. The van der Waals surface area contributed by atoms with Crippen molar-refractivity contribution in [2.45, 2.75) is 18.9 Å². The third-order valence-corrected chi connectivity index (χ3v) is 5.14. The fourth-order valence-electron chi connectivity index (χ4n) is 3.43. The van der Waals surface area contributed by atoms with E-state index in [1.807, 2.05) is 48.5 Å². The molecule has 0 spiro atoms. The number of hydrogen-bond acceptors (Lipinski definition) is 3. The first-order valence-corrected chi connectivity index (χ1v) is 9.01. The third-order valence-electron chi connectivity index (χ3n) is 4.69. The summed E-state index contributed by atoms with van der Waals surface area (Å²) in [7, 11) is 0. The maximum atomic E-state index is 13.1. The van der Waals surface area contributed by atoms with Crippen LogP contribution in [0.25, 0.3) is 0 Å². The zero-order chi connectivity index (χ0) is 17.8.